The molecular weight excluding hydrogens is 260 g/mol. The van der Waals surface area contributed by atoms with Crippen LogP contribution in [0.5, 0.6) is 0 Å². The van der Waals surface area contributed by atoms with E-state index in [-0.39, 0.29) is 0 Å². The molecule has 0 spiro atoms. The van der Waals surface area contributed by atoms with Crippen LogP contribution in [0.3, 0.4) is 0 Å². The number of aromatic nitrogens is 2. The van der Waals surface area contributed by atoms with E-state index < -0.39 is 0 Å². The Balaban J connectivity index is 1.86. The molecule has 1 aliphatic rings. The fourth-order valence-corrected chi connectivity index (χ4v) is 3.02. The summed E-state index contributed by atoms with van der Waals surface area (Å²) in [5.41, 5.74) is 3.37. The van der Waals surface area contributed by atoms with Crippen molar-refractivity contribution in [2.75, 3.05) is 0 Å². The predicted molar refractivity (Wildman–Crippen MR) is 82.1 cm³/mol. The van der Waals surface area contributed by atoms with Gasteiger partial charge in [0.25, 0.3) is 0 Å². The molecule has 0 saturated carbocycles. The van der Waals surface area contributed by atoms with E-state index in [4.69, 9.17) is 5.26 Å². The van der Waals surface area contributed by atoms with Gasteiger partial charge in [-0.25, -0.2) is 4.98 Å². The van der Waals surface area contributed by atoms with E-state index in [9.17, 15) is 0 Å². The molecule has 2 unspecified atom stereocenters. The number of nitrogens with zero attached hydrogens (tertiary/aromatic N) is 3. The van der Waals surface area contributed by atoms with Crippen molar-refractivity contribution in [3.8, 4) is 11.8 Å². The number of hydrogen-bond donors (Lipinski definition) is 1. The Kier molecular flexibility index (Phi) is 4.03. The maximum absolute atomic E-state index is 8.74. The Morgan fingerprint density at radius 2 is 2.14 bits per heavy atom. The van der Waals surface area contributed by atoms with Crippen LogP contribution in [0, 0.1) is 11.3 Å². The molecule has 0 radical (unpaired) electrons. The third-order valence-electron chi connectivity index (χ3n) is 4.14. The quantitative estimate of drug-likeness (QED) is 0.939. The van der Waals surface area contributed by atoms with Crippen LogP contribution >= 0.6 is 0 Å². The second-order valence-electron chi connectivity index (χ2n) is 5.74. The minimum Gasteiger partial charge on any atom is -0.306 e. The normalized spacial score (nSPS) is 21.9. The molecular formula is C17H20N4. The lowest BCUT2D eigenvalue weighted by molar-refractivity contribution is 0.334. The largest absolute Gasteiger partial charge is 0.306 e. The molecule has 1 N–H and O–H groups in total. The molecule has 1 fully saturated rings. The fourth-order valence-electron chi connectivity index (χ4n) is 3.02. The third kappa shape index (κ3) is 2.98. The SMILES string of the molecule is CC1CCCC(c2cncn2-c2ccc(CC#N)cc2)N1. The maximum atomic E-state index is 8.74. The first-order chi connectivity index (χ1) is 10.3. The topological polar surface area (TPSA) is 53.6 Å². The number of nitriles is 1. The van der Waals surface area contributed by atoms with Gasteiger partial charge in [0.05, 0.1) is 30.7 Å². The van der Waals surface area contributed by atoms with Crippen LogP contribution in [0.15, 0.2) is 36.8 Å². The Morgan fingerprint density at radius 1 is 1.33 bits per heavy atom. The zero-order valence-corrected chi connectivity index (χ0v) is 12.3. The molecule has 2 heterocycles. The van der Waals surface area contributed by atoms with Crippen molar-refractivity contribution in [2.24, 2.45) is 0 Å². The number of nitrogens with one attached hydrogen (secondary N) is 1. The average molecular weight is 280 g/mol. The van der Waals surface area contributed by atoms with E-state index in [1.54, 1.807) is 0 Å². The van der Waals surface area contributed by atoms with Gasteiger partial charge in [0, 0.05) is 17.8 Å². The number of benzene rings is 1. The van der Waals surface area contributed by atoms with Gasteiger partial charge in [-0.3, -0.25) is 0 Å². The minimum atomic E-state index is 0.370. The summed E-state index contributed by atoms with van der Waals surface area (Å²) in [7, 11) is 0. The van der Waals surface area contributed by atoms with Gasteiger partial charge in [-0.1, -0.05) is 12.1 Å². The third-order valence-corrected chi connectivity index (χ3v) is 4.14. The summed E-state index contributed by atoms with van der Waals surface area (Å²) < 4.78 is 2.14. The molecule has 2 aromatic rings. The molecule has 108 valence electrons. The van der Waals surface area contributed by atoms with Crippen LogP contribution < -0.4 is 5.32 Å². The smallest absolute Gasteiger partial charge is 0.0994 e. The molecule has 0 bridgehead atoms. The lowest BCUT2D eigenvalue weighted by Crippen LogP contribution is -2.35. The summed E-state index contributed by atoms with van der Waals surface area (Å²) in [6, 6.07) is 11.3. The highest BCUT2D eigenvalue weighted by molar-refractivity contribution is 5.37. The Labute approximate surface area is 125 Å². The van der Waals surface area contributed by atoms with Gasteiger partial charge < -0.3 is 9.88 Å². The highest BCUT2D eigenvalue weighted by atomic mass is 15.1. The lowest BCUT2D eigenvalue weighted by atomic mass is 9.97. The molecule has 4 heteroatoms. The fraction of sp³-hybridized carbons (Fsp3) is 0.412. The first-order valence-electron chi connectivity index (χ1n) is 7.52. The molecule has 1 aliphatic heterocycles. The zero-order valence-electron chi connectivity index (χ0n) is 12.3. The first kappa shape index (κ1) is 13.8. The van der Waals surface area contributed by atoms with Crippen LogP contribution in [0.25, 0.3) is 5.69 Å². The van der Waals surface area contributed by atoms with Crippen LogP contribution in [-0.4, -0.2) is 15.6 Å². The molecule has 0 amide bonds. The summed E-state index contributed by atoms with van der Waals surface area (Å²) in [4.78, 5) is 4.33. The van der Waals surface area contributed by atoms with Gasteiger partial charge in [-0.05, 0) is 43.9 Å². The van der Waals surface area contributed by atoms with E-state index >= 15 is 0 Å². The van der Waals surface area contributed by atoms with Gasteiger partial charge in [0.15, 0.2) is 0 Å². The van der Waals surface area contributed by atoms with E-state index in [0.29, 0.717) is 18.5 Å². The van der Waals surface area contributed by atoms with E-state index in [2.05, 4.69) is 40.0 Å². The second-order valence-corrected chi connectivity index (χ2v) is 5.74. The number of piperidine rings is 1. The second kappa shape index (κ2) is 6.11. The first-order valence-corrected chi connectivity index (χ1v) is 7.52. The Hall–Kier alpha value is -2.12. The summed E-state index contributed by atoms with van der Waals surface area (Å²) in [5, 5.41) is 12.4. The van der Waals surface area contributed by atoms with Crippen molar-refractivity contribution in [3.63, 3.8) is 0 Å². The lowest BCUT2D eigenvalue weighted by Gasteiger charge is -2.29. The molecule has 2 atom stereocenters. The van der Waals surface area contributed by atoms with Gasteiger partial charge in [-0.2, -0.15) is 5.26 Å². The molecule has 1 aromatic heterocycles. The molecule has 1 aromatic carbocycles. The van der Waals surface area contributed by atoms with Crippen molar-refractivity contribution in [1.29, 1.82) is 5.26 Å². The molecule has 1 saturated heterocycles. The van der Waals surface area contributed by atoms with Gasteiger partial charge in [-0.15, -0.1) is 0 Å². The highest BCUT2D eigenvalue weighted by Crippen LogP contribution is 2.27. The number of rotatable bonds is 3. The summed E-state index contributed by atoms with van der Waals surface area (Å²) >= 11 is 0. The maximum Gasteiger partial charge on any atom is 0.0994 e. The van der Waals surface area contributed by atoms with E-state index in [1.165, 1.54) is 18.5 Å². The predicted octanol–water partition coefficient (Wildman–Crippen LogP) is 3.14. The van der Waals surface area contributed by atoms with E-state index in [0.717, 1.165) is 17.7 Å². The number of hydrogen-bond acceptors (Lipinski definition) is 3. The van der Waals surface area contributed by atoms with Crippen LogP contribution in [0.2, 0.25) is 0 Å². The van der Waals surface area contributed by atoms with Crippen LogP contribution in [0.1, 0.15) is 43.5 Å². The molecule has 21 heavy (non-hydrogen) atoms. The van der Waals surface area contributed by atoms with Crippen molar-refractivity contribution < 1.29 is 0 Å². The van der Waals surface area contributed by atoms with Gasteiger partial charge in [0.1, 0.15) is 0 Å². The van der Waals surface area contributed by atoms with Crippen LogP contribution in [0.4, 0.5) is 0 Å². The van der Waals surface area contributed by atoms with Gasteiger partial charge in [0.2, 0.25) is 0 Å². The molecule has 0 aliphatic carbocycles. The summed E-state index contributed by atoms with van der Waals surface area (Å²) in [5.74, 6) is 0. The zero-order chi connectivity index (χ0) is 14.7. The van der Waals surface area contributed by atoms with Crippen LogP contribution in [-0.2, 0) is 6.42 Å². The summed E-state index contributed by atoms with van der Waals surface area (Å²) in [6.07, 6.45) is 7.94. The minimum absolute atomic E-state index is 0.370. The standard InChI is InChI=1S/C17H20N4/c1-13-3-2-4-16(20-13)17-11-19-12-21(17)15-7-5-14(6-8-15)9-10-18/h5-8,11-13,16,20H,2-4,9H2,1H3. The average Bonchev–Trinajstić information content (AvgIpc) is 2.98. The molecule has 3 rings (SSSR count). The summed E-state index contributed by atoms with van der Waals surface area (Å²) in [6.45, 7) is 2.24. The van der Waals surface area contributed by atoms with Gasteiger partial charge >= 0.3 is 0 Å². The van der Waals surface area contributed by atoms with Crippen molar-refractivity contribution >= 4 is 0 Å². The monoisotopic (exact) mass is 280 g/mol. The van der Waals surface area contributed by atoms with E-state index in [1.807, 2.05) is 24.7 Å². The van der Waals surface area contributed by atoms with Crippen molar-refractivity contribution in [2.45, 2.75) is 44.7 Å². The molecule has 4 nitrogen and oxygen atoms in total. The van der Waals surface area contributed by atoms with Crippen molar-refractivity contribution in [3.05, 3.63) is 48.0 Å². The number of imidazole rings is 1. The van der Waals surface area contributed by atoms with Crippen molar-refractivity contribution in [1.82, 2.24) is 14.9 Å². The Morgan fingerprint density at radius 3 is 2.86 bits per heavy atom. The highest BCUT2D eigenvalue weighted by Gasteiger charge is 2.22. The Bertz CT molecular complexity index is 636.